The van der Waals surface area contributed by atoms with Crippen LogP contribution in [0.1, 0.15) is 23.2 Å². The van der Waals surface area contributed by atoms with Gasteiger partial charge in [0.1, 0.15) is 0 Å². The van der Waals surface area contributed by atoms with Crippen LogP contribution in [0.2, 0.25) is 0 Å². The van der Waals surface area contributed by atoms with Gasteiger partial charge >= 0.3 is 0 Å². The van der Waals surface area contributed by atoms with Crippen molar-refractivity contribution in [2.24, 2.45) is 0 Å². The first-order valence-electron chi connectivity index (χ1n) is 5.36. The lowest BCUT2D eigenvalue weighted by atomic mass is 10.2. The minimum absolute atomic E-state index is 0.0816. The molecule has 0 spiro atoms. The van der Waals surface area contributed by atoms with E-state index in [-0.39, 0.29) is 11.7 Å². The Hall–Kier alpha value is -1.10. The van der Waals surface area contributed by atoms with Crippen molar-refractivity contribution in [3.63, 3.8) is 0 Å². The topological polar surface area (TPSA) is 38.3 Å². The van der Waals surface area contributed by atoms with E-state index in [9.17, 15) is 9.18 Å². The number of hydrogen-bond donors (Lipinski definition) is 1. The molecule has 0 aliphatic carbocycles. The molecular formula is C12H15BrFNO2. The van der Waals surface area contributed by atoms with Crippen molar-refractivity contribution in [1.29, 1.82) is 0 Å². The monoisotopic (exact) mass is 303 g/mol. The Morgan fingerprint density at radius 1 is 1.47 bits per heavy atom. The highest BCUT2D eigenvalue weighted by atomic mass is 79.9. The zero-order chi connectivity index (χ0) is 12.7. The van der Waals surface area contributed by atoms with E-state index >= 15 is 0 Å². The second kappa shape index (κ2) is 7.27. The molecule has 5 heteroatoms. The molecular weight excluding hydrogens is 289 g/mol. The number of methoxy groups -OCH3 is 1. The minimum Gasteiger partial charge on any atom is -0.494 e. The van der Waals surface area contributed by atoms with Crippen LogP contribution in [0.4, 0.5) is 4.39 Å². The molecule has 0 fully saturated rings. The van der Waals surface area contributed by atoms with Gasteiger partial charge in [0.15, 0.2) is 11.6 Å². The number of rotatable bonds is 6. The van der Waals surface area contributed by atoms with E-state index in [0.717, 1.165) is 18.2 Å². The summed E-state index contributed by atoms with van der Waals surface area (Å²) in [7, 11) is 1.37. The first-order valence-corrected chi connectivity index (χ1v) is 6.49. The van der Waals surface area contributed by atoms with Crippen molar-refractivity contribution in [3.8, 4) is 5.75 Å². The molecule has 1 aromatic rings. The van der Waals surface area contributed by atoms with Gasteiger partial charge in [-0.15, -0.1) is 0 Å². The van der Waals surface area contributed by atoms with E-state index in [0.29, 0.717) is 12.1 Å². The summed E-state index contributed by atoms with van der Waals surface area (Å²) in [5.41, 5.74) is 0.405. The van der Waals surface area contributed by atoms with Gasteiger partial charge < -0.3 is 10.1 Å². The van der Waals surface area contributed by atoms with Crippen LogP contribution < -0.4 is 10.1 Å². The first kappa shape index (κ1) is 14.0. The van der Waals surface area contributed by atoms with Crippen LogP contribution in [0.3, 0.4) is 0 Å². The van der Waals surface area contributed by atoms with Crippen molar-refractivity contribution in [1.82, 2.24) is 5.32 Å². The molecule has 1 N–H and O–H groups in total. The van der Waals surface area contributed by atoms with Crippen molar-refractivity contribution >= 4 is 21.8 Å². The largest absolute Gasteiger partial charge is 0.494 e. The zero-order valence-electron chi connectivity index (χ0n) is 9.63. The Morgan fingerprint density at radius 2 is 2.24 bits per heavy atom. The zero-order valence-corrected chi connectivity index (χ0v) is 11.2. The SMILES string of the molecule is COc1cc(C(=O)NCCCCBr)ccc1F. The molecule has 94 valence electrons. The van der Waals surface area contributed by atoms with Gasteiger partial charge in [-0.3, -0.25) is 4.79 Å². The van der Waals surface area contributed by atoms with Crippen LogP contribution in [0.15, 0.2) is 18.2 Å². The quantitative estimate of drug-likeness (QED) is 0.648. The van der Waals surface area contributed by atoms with Crippen LogP contribution in [-0.2, 0) is 0 Å². The maximum atomic E-state index is 13.1. The number of hydrogen-bond acceptors (Lipinski definition) is 2. The van der Waals surface area contributed by atoms with Gasteiger partial charge in [0.05, 0.1) is 7.11 Å². The Labute approximate surface area is 108 Å². The number of halogens is 2. The average molecular weight is 304 g/mol. The molecule has 0 aliphatic rings. The standard InChI is InChI=1S/C12H15BrFNO2/c1-17-11-8-9(4-5-10(11)14)12(16)15-7-3-2-6-13/h4-5,8H,2-3,6-7H2,1H3,(H,15,16). The van der Waals surface area contributed by atoms with Gasteiger partial charge in [0.25, 0.3) is 5.91 Å². The fourth-order valence-corrected chi connectivity index (χ4v) is 1.72. The highest BCUT2D eigenvalue weighted by molar-refractivity contribution is 9.09. The summed E-state index contributed by atoms with van der Waals surface area (Å²) in [6.45, 7) is 0.615. The smallest absolute Gasteiger partial charge is 0.251 e. The van der Waals surface area contributed by atoms with Crippen LogP contribution in [-0.4, -0.2) is 24.9 Å². The number of carbonyl (C=O) groups is 1. The average Bonchev–Trinajstić information content (AvgIpc) is 2.35. The molecule has 0 heterocycles. The summed E-state index contributed by atoms with van der Waals surface area (Å²) < 4.78 is 17.9. The molecule has 0 aromatic heterocycles. The van der Waals surface area contributed by atoms with Gasteiger partial charge in [-0.25, -0.2) is 4.39 Å². The van der Waals surface area contributed by atoms with E-state index in [2.05, 4.69) is 21.2 Å². The lowest BCUT2D eigenvalue weighted by Crippen LogP contribution is -2.24. The fourth-order valence-electron chi connectivity index (χ4n) is 1.32. The van der Waals surface area contributed by atoms with Crippen molar-refractivity contribution in [3.05, 3.63) is 29.6 Å². The van der Waals surface area contributed by atoms with Crippen LogP contribution in [0, 0.1) is 5.82 Å². The van der Waals surface area contributed by atoms with Gasteiger partial charge in [0, 0.05) is 17.4 Å². The molecule has 17 heavy (non-hydrogen) atoms. The normalized spacial score (nSPS) is 10.1. The predicted molar refractivity (Wildman–Crippen MR) is 68.3 cm³/mol. The highest BCUT2D eigenvalue weighted by Crippen LogP contribution is 2.17. The van der Waals surface area contributed by atoms with E-state index in [1.807, 2.05) is 0 Å². The molecule has 0 aliphatic heterocycles. The van der Waals surface area contributed by atoms with Gasteiger partial charge in [0.2, 0.25) is 0 Å². The number of benzene rings is 1. The van der Waals surface area contributed by atoms with E-state index in [1.54, 1.807) is 0 Å². The number of unbranched alkanes of at least 4 members (excludes halogenated alkanes) is 1. The Balaban J connectivity index is 2.57. The number of nitrogens with one attached hydrogen (secondary N) is 1. The molecule has 0 saturated carbocycles. The highest BCUT2D eigenvalue weighted by Gasteiger charge is 2.09. The fraction of sp³-hybridized carbons (Fsp3) is 0.417. The third kappa shape index (κ3) is 4.34. The molecule has 1 rings (SSSR count). The number of alkyl halides is 1. The molecule has 0 bridgehead atoms. The summed E-state index contributed by atoms with van der Waals surface area (Å²) in [4.78, 5) is 11.7. The molecule has 0 atom stereocenters. The summed E-state index contributed by atoms with van der Waals surface area (Å²) in [5, 5.41) is 3.69. The van der Waals surface area contributed by atoms with E-state index in [1.165, 1.54) is 25.3 Å². The number of carbonyl (C=O) groups excluding carboxylic acids is 1. The third-order valence-corrected chi connectivity index (χ3v) is 2.82. The van der Waals surface area contributed by atoms with Crippen molar-refractivity contribution < 1.29 is 13.9 Å². The lowest BCUT2D eigenvalue weighted by molar-refractivity contribution is 0.0952. The van der Waals surface area contributed by atoms with Crippen molar-refractivity contribution in [2.45, 2.75) is 12.8 Å². The molecule has 1 amide bonds. The molecule has 1 aromatic carbocycles. The second-order valence-electron chi connectivity index (χ2n) is 3.50. The summed E-state index contributed by atoms with van der Waals surface area (Å²) in [6, 6.07) is 4.07. The van der Waals surface area contributed by atoms with Gasteiger partial charge in [-0.05, 0) is 31.0 Å². The number of amides is 1. The Kier molecular flexibility index (Phi) is 5.97. The Bertz CT molecular complexity index is 385. The van der Waals surface area contributed by atoms with E-state index < -0.39 is 5.82 Å². The summed E-state index contributed by atoms with van der Waals surface area (Å²) >= 11 is 3.32. The van der Waals surface area contributed by atoms with E-state index in [4.69, 9.17) is 4.74 Å². The van der Waals surface area contributed by atoms with Gasteiger partial charge in [-0.2, -0.15) is 0 Å². The Morgan fingerprint density at radius 3 is 2.88 bits per heavy atom. The molecule has 0 saturated heterocycles. The predicted octanol–water partition coefficient (Wildman–Crippen LogP) is 2.74. The second-order valence-corrected chi connectivity index (χ2v) is 4.29. The maximum absolute atomic E-state index is 13.1. The third-order valence-electron chi connectivity index (χ3n) is 2.26. The number of ether oxygens (including phenoxy) is 1. The molecule has 3 nitrogen and oxygen atoms in total. The summed E-state index contributed by atoms with van der Waals surface area (Å²) in [6.07, 6.45) is 1.92. The van der Waals surface area contributed by atoms with Gasteiger partial charge in [-0.1, -0.05) is 15.9 Å². The summed E-state index contributed by atoms with van der Waals surface area (Å²) in [5.74, 6) is -0.598. The van der Waals surface area contributed by atoms with Crippen molar-refractivity contribution in [2.75, 3.05) is 19.0 Å². The first-order chi connectivity index (χ1) is 8.19. The lowest BCUT2D eigenvalue weighted by Gasteiger charge is -2.07. The van der Waals surface area contributed by atoms with Crippen LogP contribution in [0.25, 0.3) is 0 Å². The molecule has 0 radical (unpaired) electrons. The maximum Gasteiger partial charge on any atom is 0.251 e. The van der Waals surface area contributed by atoms with Crippen LogP contribution in [0.5, 0.6) is 5.75 Å². The van der Waals surface area contributed by atoms with Crippen LogP contribution >= 0.6 is 15.9 Å². The minimum atomic E-state index is -0.469. The molecule has 0 unspecified atom stereocenters.